The molecule has 0 bridgehead atoms. The van der Waals surface area contributed by atoms with Gasteiger partial charge in [-0.3, -0.25) is 5.32 Å². The number of aromatic nitrogens is 1. The summed E-state index contributed by atoms with van der Waals surface area (Å²) in [6.45, 7) is 3.53. The second kappa shape index (κ2) is 5.93. The number of rotatable bonds is 4. The highest BCUT2D eigenvalue weighted by molar-refractivity contribution is 5.83. The van der Waals surface area contributed by atoms with Crippen LogP contribution in [0.2, 0.25) is 0 Å². The second-order valence-electron chi connectivity index (χ2n) is 3.51. The molecule has 0 fully saturated rings. The summed E-state index contributed by atoms with van der Waals surface area (Å²) in [6, 6.07) is 3.18. The van der Waals surface area contributed by atoms with Crippen molar-refractivity contribution in [2.24, 2.45) is 0 Å². The van der Waals surface area contributed by atoms with Gasteiger partial charge in [-0.15, -0.1) is 0 Å². The van der Waals surface area contributed by atoms with Crippen LogP contribution < -0.4 is 14.8 Å². The predicted octanol–water partition coefficient (Wildman–Crippen LogP) is 2.06. The minimum atomic E-state index is -0.567. The molecule has 1 aromatic rings. The van der Waals surface area contributed by atoms with E-state index in [1.54, 1.807) is 26.0 Å². The van der Waals surface area contributed by atoms with E-state index < -0.39 is 6.09 Å². The molecule has 6 heteroatoms. The Hall–Kier alpha value is -1.98. The van der Waals surface area contributed by atoms with E-state index >= 15 is 0 Å². The normalized spacial score (nSPS) is 9.94. The highest BCUT2D eigenvalue weighted by Crippen LogP contribution is 2.21. The van der Waals surface area contributed by atoms with Gasteiger partial charge in [0.15, 0.2) is 0 Å². The third kappa shape index (κ3) is 4.18. The monoisotopic (exact) mass is 240 g/mol. The lowest BCUT2D eigenvalue weighted by Crippen LogP contribution is -2.18. The Labute approximate surface area is 99.9 Å². The summed E-state index contributed by atoms with van der Waals surface area (Å²) >= 11 is 0. The summed E-state index contributed by atoms with van der Waals surface area (Å²) in [7, 11) is 3.00. The topological polar surface area (TPSA) is 69.7 Å². The van der Waals surface area contributed by atoms with Gasteiger partial charge < -0.3 is 14.2 Å². The molecule has 0 aliphatic heterocycles. The van der Waals surface area contributed by atoms with Gasteiger partial charge in [0.1, 0.15) is 11.6 Å². The first-order valence-electron chi connectivity index (χ1n) is 5.13. The zero-order valence-electron chi connectivity index (χ0n) is 10.3. The van der Waals surface area contributed by atoms with Crippen molar-refractivity contribution in [3.8, 4) is 11.6 Å². The number of carbonyl (C=O) groups excluding carboxylic acids is 1. The molecule has 0 saturated carbocycles. The van der Waals surface area contributed by atoms with Gasteiger partial charge in [0.2, 0.25) is 5.88 Å². The average Bonchev–Trinajstić information content (AvgIpc) is 2.27. The van der Waals surface area contributed by atoms with Crippen molar-refractivity contribution in [1.82, 2.24) is 4.98 Å². The van der Waals surface area contributed by atoms with E-state index in [2.05, 4.69) is 10.3 Å². The lowest BCUT2D eigenvalue weighted by Gasteiger charge is -2.10. The molecule has 0 saturated heterocycles. The molecule has 0 aromatic carbocycles. The lowest BCUT2D eigenvalue weighted by molar-refractivity contribution is 0.130. The van der Waals surface area contributed by atoms with Crippen molar-refractivity contribution in [3.63, 3.8) is 0 Å². The number of nitrogens with zero attached hydrogens (tertiary/aromatic N) is 1. The summed E-state index contributed by atoms with van der Waals surface area (Å²) in [5.41, 5.74) is 0. The third-order valence-electron chi connectivity index (χ3n) is 1.79. The van der Waals surface area contributed by atoms with Crippen LogP contribution in [0.25, 0.3) is 0 Å². The third-order valence-corrected chi connectivity index (χ3v) is 1.79. The fourth-order valence-corrected chi connectivity index (χ4v) is 1.12. The van der Waals surface area contributed by atoms with E-state index in [-0.39, 0.29) is 6.10 Å². The number of pyridine rings is 1. The summed E-state index contributed by atoms with van der Waals surface area (Å²) in [5, 5.41) is 2.49. The highest BCUT2D eigenvalue weighted by atomic mass is 16.6. The number of ether oxygens (including phenoxy) is 3. The fraction of sp³-hybridized carbons (Fsp3) is 0.455. The van der Waals surface area contributed by atoms with E-state index in [0.717, 1.165) is 0 Å². The zero-order valence-corrected chi connectivity index (χ0v) is 10.3. The van der Waals surface area contributed by atoms with Gasteiger partial charge >= 0.3 is 6.09 Å². The van der Waals surface area contributed by atoms with E-state index in [1.807, 2.05) is 0 Å². The molecule has 0 radical (unpaired) electrons. The van der Waals surface area contributed by atoms with Gasteiger partial charge in [-0.05, 0) is 13.8 Å². The zero-order chi connectivity index (χ0) is 12.8. The SMILES string of the molecule is COc1cc(NC(=O)OC(C)C)nc(OC)c1. The second-order valence-corrected chi connectivity index (χ2v) is 3.51. The van der Waals surface area contributed by atoms with Crippen molar-refractivity contribution in [1.29, 1.82) is 0 Å². The van der Waals surface area contributed by atoms with Crippen LogP contribution in [0.15, 0.2) is 12.1 Å². The Kier molecular flexibility index (Phi) is 4.56. The number of anilines is 1. The highest BCUT2D eigenvalue weighted by Gasteiger charge is 2.09. The quantitative estimate of drug-likeness (QED) is 0.872. The van der Waals surface area contributed by atoms with Crippen molar-refractivity contribution in [2.45, 2.75) is 20.0 Å². The molecule has 0 aliphatic rings. The van der Waals surface area contributed by atoms with Crippen LogP contribution in [0.3, 0.4) is 0 Å². The molecule has 17 heavy (non-hydrogen) atoms. The molecule has 94 valence electrons. The summed E-state index contributed by atoms with van der Waals surface area (Å²) in [4.78, 5) is 15.4. The van der Waals surface area contributed by atoms with Crippen LogP contribution in [0.5, 0.6) is 11.6 Å². The Morgan fingerprint density at radius 2 is 2.00 bits per heavy atom. The van der Waals surface area contributed by atoms with Crippen LogP contribution in [0, 0.1) is 0 Å². The lowest BCUT2D eigenvalue weighted by atomic mass is 10.4. The molecular weight excluding hydrogens is 224 g/mol. The average molecular weight is 240 g/mol. The molecule has 0 aliphatic carbocycles. The van der Waals surface area contributed by atoms with Gasteiger partial charge in [0.05, 0.1) is 20.3 Å². The van der Waals surface area contributed by atoms with E-state index in [1.165, 1.54) is 14.2 Å². The molecular formula is C11H16N2O4. The molecule has 6 nitrogen and oxygen atoms in total. The smallest absolute Gasteiger partial charge is 0.413 e. The molecule has 1 heterocycles. The first-order chi connectivity index (χ1) is 8.05. The van der Waals surface area contributed by atoms with Gasteiger partial charge in [-0.2, -0.15) is 4.98 Å². The van der Waals surface area contributed by atoms with Crippen molar-refractivity contribution in [3.05, 3.63) is 12.1 Å². The van der Waals surface area contributed by atoms with E-state index in [0.29, 0.717) is 17.4 Å². The predicted molar refractivity (Wildman–Crippen MR) is 62.6 cm³/mol. The fourth-order valence-electron chi connectivity index (χ4n) is 1.12. The van der Waals surface area contributed by atoms with Crippen molar-refractivity contribution >= 4 is 11.9 Å². The Balaban J connectivity index is 2.79. The van der Waals surface area contributed by atoms with Crippen LogP contribution in [-0.2, 0) is 4.74 Å². The van der Waals surface area contributed by atoms with E-state index in [9.17, 15) is 4.79 Å². The van der Waals surface area contributed by atoms with Crippen molar-refractivity contribution < 1.29 is 19.0 Å². The Morgan fingerprint density at radius 1 is 1.29 bits per heavy atom. The first-order valence-corrected chi connectivity index (χ1v) is 5.13. The summed E-state index contributed by atoms with van der Waals surface area (Å²) in [6.07, 6.45) is -0.759. The Bertz CT molecular complexity index is 371. The maximum atomic E-state index is 11.4. The number of carbonyl (C=O) groups is 1. The summed E-state index contributed by atoms with van der Waals surface area (Å²) in [5.74, 6) is 1.20. The maximum Gasteiger partial charge on any atom is 0.413 e. The van der Waals surface area contributed by atoms with Crippen LogP contribution in [-0.4, -0.2) is 31.4 Å². The number of nitrogens with one attached hydrogen (secondary N) is 1. The molecule has 0 atom stereocenters. The number of amides is 1. The molecule has 1 amide bonds. The van der Waals surface area contributed by atoms with Crippen LogP contribution in [0.1, 0.15) is 13.8 Å². The number of methoxy groups -OCH3 is 2. The molecule has 1 N–H and O–H groups in total. The molecule has 1 aromatic heterocycles. The number of hydrogen-bond acceptors (Lipinski definition) is 5. The van der Waals surface area contributed by atoms with Gasteiger partial charge in [0, 0.05) is 12.1 Å². The molecule has 0 unspecified atom stereocenters. The Morgan fingerprint density at radius 3 is 2.53 bits per heavy atom. The largest absolute Gasteiger partial charge is 0.496 e. The minimum Gasteiger partial charge on any atom is -0.496 e. The summed E-state index contributed by atoms with van der Waals surface area (Å²) < 4.78 is 15.0. The van der Waals surface area contributed by atoms with Gasteiger partial charge in [-0.25, -0.2) is 4.79 Å². The van der Waals surface area contributed by atoms with Crippen LogP contribution >= 0.6 is 0 Å². The van der Waals surface area contributed by atoms with E-state index in [4.69, 9.17) is 14.2 Å². The van der Waals surface area contributed by atoms with Gasteiger partial charge in [-0.1, -0.05) is 0 Å². The maximum absolute atomic E-state index is 11.4. The number of hydrogen-bond donors (Lipinski definition) is 1. The first kappa shape index (κ1) is 13.1. The minimum absolute atomic E-state index is 0.192. The van der Waals surface area contributed by atoms with Gasteiger partial charge in [0.25, 0.3) is 0 Å². The van der Waals surface area contributed by atoms with Crippen LogP contribution in [0.4, 0.5) is 10.6 Å². The molecule has 0 spiro atoms. The standard InChI is InChI=1S/C11H16N2O4/c1-7(2)17-11(14)13-9-5-8(15-3)6-10(12-9)16-4/h5-7H,1-4H3,(H,12,13,14). The molecule has 1 rings (SSSR count). The van der Waals surface area contributed by atoms with Crippen molar-refractivity contribution in [2.75, 3.05) is 19.5 Å².